The van der Waals surface area contributed by atoms with Gasteiger partial charge in [0.25, 0.3) is 0 Å². The van der Waals surface area contributed by atoms with Gasteiger partial charge in [0.15, 0.2) is 11.5 Å². The Labute approximate surface area is 145 Å². The molecule has 0 bridgehead atoms. The monoisotopic (exact) mass is 371 g/mol. The molecule has 0 aliphatic rings. The van der Waals surface area contributed by atoms with Crippen LogP contribution in [0.1, 0.15) is 23.6 Å². The van der Waals surface area contributed by atoms with Crippen LogP contribution in [0.25, 0.3) is 11.6 Å². The van der Waals surface area contributed by atoms with Crippen molar-refractivity contribution in [2.45, 2.75) is 13.8 Å². The second-order valence-electron chi connectivity index (χ2n) is 5.00. The van der Waals surface area contributed by atoms with E-state index >= 15 is 0 Å². The molecule has 118 valence electrons. The minimum Gasteiger partial charge on any atom is -0.492 e. The molecular weight excluding hydrogens is 354 g/mol. The quantitative estimate of drug-likeness (QED) is 0.533. The summed E-state index contributed by atoms with van der Waals surface area (Å²) in [5.41, 5.74) is 3.53. The SMILES string of the molecule is CCOc1cc(/C=C(/C#N)c2ccc(C)cc2)cc(Br)c1OC. The van der Waals surface area contributed by atoms with E-state index in [9.17, 15) is 5.26 Å². The van der Waals surface area contributed by atoms with Crippen LogP contribution in [0, 0.1) is 18.3 Å². The molecule has 0 atom stereocenters. The van der Waals surface area contributed by atoms with Crippen LogP contribution in [0.5, 0.6) is 11.5 Å². The summed E-state index contributed by atoms with van der Waals surface area (Å²) in [5, 5.41) is 9.47. The first-order chi connectivity index (χ1) is 11.1. The first-order valence-corrected chi connectivity index (χ1v) is 8.07. The highest BCUT2D eigenvalue weighted by Crippen LogP contribution is 2.37. The topological polar surface area (TPSA) is 42.2 Å². The highest BCUT2D eigenvalue weighted by Gasteiger charge is 2.11. The molecule has 0 spiro atoms. The van der Waals surface area contributed by atoms with E-state index in [-0.39, 0.29) is 0 Å². The number of methoxy groups -OCH3 is 1. The van der Waals surface area contributed by atoms with Crippen LogP contribution < -0.4 is 9.47 Å². The molecule has 2 aromatic carbocycles. The lowest BCUT2D eigenvalue weighted by Gasteiger charge is -2.12. The van der Waals surface area contributed by atoms with Gasteiger partial charge in [-0.05, 0) is 59.1 Å². The van der Waals surface area contributed by atoms with Crippen molar-refractivity contribution in [3.8, 4) is 17.6 Å². The lowest BCUT2D eigenvalue weighted by molar-refractivity contribution is 0.310. The van der Waals surface area contributed by atoms with Crippen molar-refractivity contribution in [1.29, 1.82) is 5.26 Å². The van der Waals surface area contributed by atoms with E-state index < -0.39 is 0 Å². The normalized spacial score (nSPS) is 11.0. The Hall–Kier alpha value is -2.25. The number of hydrogen-bond acceptors (Lipinski definition) is 3. The average Bonchev–Trinajstić information content (AvgIpc) is 2.54. The van der Waals surface area contributed by atoms with Gasteiger partial charge in [-0.3, -0.25) is 0 Å². The number of benzene rings is 2. The maximum absolute atomic E-state index is 9.47. The van der Waals surface area contributed by atoms with Crippen molar-refractivity contribution < 1.29 is 9.47 Å². The molecule has 0 aliphatic carbocycles. The van der Waals surface area contributed by atoms with Gasteiger partial charge in [0.05, 0.1) is 29.8 Å². The lowest BCUT2D eigenvalue weighted by atomic mass is 10.0. The van der Waals surface area contributed by atoms with Gasteiger partial charge in [-0.1, -0.05) is 29.8 Å². The van der Waals surface area contributed by atoms with Gasteiger partial charge in [-0.25, -0.2) is 0 Å². The van der Waals surface area contributed by atoms with Crippen molar-refractivity contribution in [2.75, 3.05) is 13.7 Å². The standard InChI is InChI=1S/C19H18BrNO2/c1-4-23-18-11-14(10-17(20)19(18)22-3)9-16(12-21)15-7-5-13(2)6-8-15/h5-11H,4H2,1-3H3/b16-9-. The van der Waals surface area contributed by atoms with Gasteiger partial charge < -0.3 is 9.47 Å². The van der Waals surface area contributed by atoms with E-state index in [1.807, 2.05) is 56.3 Å². The summed E-state index contributed by atoms with van der Waals surface area (Å²) in [4.78, 5) is 0. The number of nitriles is 1. The molecule has 0 unspecified atom stereocenters. The molecule has 0 amide bonds. The van der Waals surface area contributed by atoms with Crippen molar-refractivity contribution >= 4 is 27.6 Å². The maximum atomic E-state index is 9.47. The van der Waals surface area contributed by atoms with Crippen LogP contribution in [0.15, 0.2) is 40.9 Å². The van der Waals surface area contributed by atoms with Crippen LogP contribution in [-0.4, -0.2) is 13.7 Å². The van der Waals surface area contributed by atoms with E-state index in [0.717, 1.165) is 21.2 Å². The van der Waals surface area contributed by atoms with Crippen LogP contribution >= 0.6 is 15.9 Å². The molecule has 0 fully saturated rings. The van der Waals surface area contributed by atoms with E-state index in [1.165, 1.54) is 0 Å². The third kappa shape index (κ3) is 4.14. The minimum atomic E-state index is 0.541. The molecule has 0 aromatic heterocycles. The fraction of sp³-hybridized carbons (Fsp3) is 0.211. The smallest absolute Gasteiger partial charge is 0.174 e. The Morgan fingerprint density at radius 2 is 1.96 bits per heavy atom. The predicted octanol–water partition coefficient (Wildman–Crippen LogP) is 5.23. The summed E-state index contributed by atoms with van der Waals surface area (Å²) in [7, 11) is 1.60. The first kappa shape index (κ1) is 17.1. The van der Waals surface area contributed by atoms with Crippen molar-refractivity contribution in [3.05, 3.63) is 57.6 Å². The Morgan fingerprint density at radius 1 is 1.26 bits per heavy atom. The molecule has 0 heterocycles. The minimum absolute atomic E-state index is 0.541. The summed E-state index contributed by atoms with van der Waals surface area (Å²) in [6.07, 6.45) is 1.84. The number of ether oxygens (including phenoxy) is 2. The van der Waals surface area contributed by atoms with Gasteiger partial charge in [-0.15, -0.1) is 0 Å². The number of hydrogen-bond donors (Lipinski definition) is 0. The fourth-order valence-corrected chi connectivity index (χ4v) is 2.83. The van der Waals surface area contributed by atoms with Crippen molar-refractivity contribution in [1.82, 2.24) is 0 Å². The second-order valence-corrected chi connectivity index (χ2v) is 5.86. The van der Waals surface area contributed by atoms with E-state index in [4.69, 9.17) is 9.47 Å². The number of allylic oxidation sites excluding steroid dienone is 1. The molecular formula is C19H18BrNO2. The third-order valence-corrected chi connectivity index (χ3v) is 3.92. The molecule has 23 heavy (non-hydrogen) atoms. The van der Waals surface area contributed by atoms with Crippen LogP contribution in [-0.2, 0) is 0 Å². The van der Waals surface area contributed by atoms with Crippen LogP contribution in [0.2, 0.25) is 0 Å². The Kier molecular flexibility index (Phi) is 5.84. The Morgan fingerprint density at radius 3 is 2.52 bits per heavy atom. The van der Waals surface area contributed by atoms with E-state index in [2.05, 4.69) is 22.0 Å². The predicted molar refractivity (Wildman–Crippen MR) is 96.5 cm³/mol. The molecule has 0 aliphatic heterocycles. The van der Waals surface area contributed by atoms with E-state index in [1.54, 1.807) is 7.11 Å². The highest BCUT2D eigenvalue weighted by molar-refractivity contribution is 9.10. The van der Waals surface area contributed by atoms with Crippen LogP contribution in [0.4, 0.5) is 0 Å². The second kappa shape index (κ2) is 7.85. The molecule has 2 rings (SSSR count). The third-order valence-electron chi connectivity index (χ3n) is 3.33. The number of halogens is 1. The van der Waals surface area contributed by atoms with Gasteiger partial charge in [0, 0.05) is 0 Å². The van der Waals surface area contributed by atoms with Crippen molar-refractivity contribution in [3.63, 3.8) is 0 Å². The summed E-state index contributed by atoms with van der Waals surface area (Å²) in [6, 6.07) is 13.9. The molecule has 0 N–H and O–H groups in total. The zero-order chi connectivity index (χ0) is 16.8. The van der Waals surface area contributed by atoms with Crippen molar-refractivity contribution in [2.24, 2.45) is 0 Å². The number of nitrogens with zero attached hydrogens (tertiary/aromatic N) is 1. The number of aryl methyl sites for hydroxylation is 1. The molecule has 0 radical (unpaired) electrons. The Balaban J connectivity index is 2.48. The highest BCUT2D eigenvalue weighted by atomic mass is 79.9. The summed E-state index contributed by atoms with van der Waals surface area (Å²) >= 11 is 3.49. The Bertz CT molecular complexity index is 758. The molecule has 0 saturated carbocycles. The van der Waals surface area contributed by atoms with Gasteiger partial charge >= 0.3 is 0 Å². The fourth-order valence-electron chi connectivity index (χ4n) is 2.21. The molecule has 0 saturated heterocycles. The average molecular weight is 372 g/mol. The maximum Gasteiger partial charge on any atom is 0.174 e. The molecule has 2 aromatic rings. The zero-order valence-electron chi connectivity index (χ0n) is 13.4. The summed E-state index contributed by atoms with van der Waals surface area (Å²) in [6.45, 7) is 4.48. The molecule has 3 nitrogen and oxygen atoms in total. The largest absolute Gasteiger partial charge is 0.492 e. The van der Waals surface area contributed by atoms with Crippen LogP contribution in [0.3, 0.4) is 0 Å². The summed E-state index contributed by atoms with van der Waals surface area (Å²) < 4.78 is 11.8. The lowest BCUT2D eigenvalue weighted by Crippen LogP contribution is -1.96. The van der Waals surface area contributed by atoms with Gasteiger partial charge in [-0.2, -0.15) is 5.26 Å². The zero-order valence-corrected chi connectivity index (χ0v) is 15.0. The first-order valence-electron chi connectivity index (χ1n) is 7.28. The van der Waals surface area contributed by atoms with Gasteiger partial charge in [0.2, 0.25) is 0 Å². The number of rotatable bonds is 5. The molecule has 4 heteroatoms. The van der Waals surface area contributed by atoms with Gasteiger partial charge in [0.1, 0.15) is 0 Å². The summed E-state index contributed by atoms with van der Waals surface area (Å²) in [5.74, 6) is 1.30. The van der Waals surface area contributed by atoms with E-state index in [0.29, 0.717) is 23.7 Å².